The largest absolute Gasteiger partial charge is 0.227 e. The van der Waals surface area contributed by atoms with Crippen molar-refractivity contribution in [2.75, 3.05) is 0 Å². The molecule has 0 bridgehead atoms. The van der Waals surface area contributed by atoms with Gasteiger partial charge in [0, 0.05) is 22.3 Å². The number of rotatable bonds is 5. The predicted octanol–water partition coefficient (Wildman–Crippen LogP) is 13.9. The Labute approximate surface area is 313 Å². The molecule has 2 heteroatoms. The molecular weight excluding hydrogens is 653 g/mol. The second kappa shape index (κ2) is 12.2. The van der Waals surface area contributed by atoms with Crippen LogP contribution in [0.3, 0.4) is 0 Å². The van der Waals surface area contributed by atoms with Gasteiger partial charge in [-0.25, -0.2) is 9.97 Å². The standard InChI is InChI=1S/C52H32N2/c1-4-15-34(16-5-1)46-40-21-10-12-23-42(40)47(43-24-13-11-22-41(43)46)35-29-27-33(28-30-35)38-31-32-44-48-39(38)25-14-26-45(48)51-49(44)50(36-17-6-2-7-18-36)53-52(54-51)37-19-8-3-9-20-37/h1-32H. The van der Waals surface area contributed by atoms with Crippen molar-refractivity contribution in [1.82, 2.24) is 9.97 Å². The Balaban J connectivity index is 1.07. The zero-order valence-electron chi connectivity index (χ0n) is 29.4. The maximum Gasteiger partial charge on any atom is 0.160 e. The highest BCUT2D eigenvalue weighted by Gasteiger charge is 2.29. The quantitative estimate of drug-likeness (QED) is 0.169. The summed E-state index contributed by atoms with van der Waals surface area (Å²) in [5.74, 6) is 0.741. The first kappa shape index (κ1) is 30.5. The molecule has 1 aromatic heterocycles. The van der Waals surface area contributed by atoms with Gasteiger partial charge in [0.2, 0.25) is 0 Å². The van der Waals surface area contributed by atoms with Crippen LogP contribution in [-0.4, -0.2) is 9.97 Å². The van der Waals surface area contributed by atoms with Crippen LogP contribution in [0.2, 0.25) is 0 Å². The third-order valence-electron chi connectivity index (χ3n) is 11.0. The molecule has 0 atom stereocenters. The highest BCUT2D eigenvalue weighted by molar-refractivity contribution is 6.22. The van der Waals surface area contributed by atoms with Gasteiger partial charge in [-0.1, -0.05) is 194 Å². The van der Waals surface area contributed by atoms with Crippen molar-refractivity contribution in [2.24, 2.45) is 0 Å². The molecule has 9 aromatic carbocycles. The Hall–Kier alpha value is -7.16. The van der Waals surface area contributed by atoms with Crippen molar-refractivity contribution in [2.45, 2.75) is 0 Å². The lowest BCUT2D eigenvalue weighted by molar-refractivity contribution is 1.19. The number of nitrogens with zero attached hydrogens (tertiary/aromatic N) is 2. The van der Waals surface area contributed by atoms with Gasteiger partial charge in [-0.15, -0.1) is 0 Å². The molecule has 0 aliphatic heterocycles. The molecule has 2 nitrogen and oxygen atoms in total. The van der Waals surface area contributed by atoms with E-state index >= 15 is 0 Å². The zero-order chi connectivity index (χ0) is 35.6. The van der Waals surface area contributed by atoms with Crippen LogP contribution in [0.1, 0.15) is 0 Å². The predicted molar refractivity (Wildman–Crippen MR) is 226 cm³/mol. The normalized spacial score (nSPS) is 11.7. The van der Waals surface area contributed by atoms with E-state index in [1.54, 1.807) is 0 Å². The summed E-state index contributed by atoms with van der Waals surface area (Å²) in [6.07, 6.45) is 0. The Bertz CT molecular complexity index is 3000. The van der Waals surface area contributed by atoms with E-state index in [1.807, 2.05) is 18.2 Å². The van der Waals surface area contributed by atoms with E-state index < -0.39 is 0 Å². The second-order valence-corrected chi connectivity index (χ2v) is 14.0. The third kappa shape index (κ3) is 4.67. The van der Waals surface area contributed by atoms with E-state index in [-0.39, 0.29) is 0 Å². The summed E-state index contributed by atoms with van der Waals surface area (Å²) >= 11 is 0. The Morgan fingerprint density at radius 3 is 1.28 bits per heavy atom. The average Bonchev–Trinajstić information content (AvgIpc) is 3.58. The Morgan fingerprint density at radius 2 is 0.685 bits per heavy atom. The van der Waals surface area contributed by atoms with Gasteiger partial charge in [0.15, 0.2) is 5.82 Å². The molecule has 1 heterocycles. The molecule has 1 aliphatic rings. The molecule has 10 aromatic rings. The van der Waals surface area contributed by atoms with Crippen LogP contribution >= 0.6 is 0 Å². The van der Waals surface area contributed by atoms with Crippen molar-refractivity contribution in [3.63, 3.8) is 0 Å². The van der Waals surface area contributed by atoms with Crippen molar-refractivity contribution in [3.8, 4) is 78.4 Å². The van der Waals surface area contributed by atoms with Crippen LogP contribution in [0.25, 0.3) is 111 Å². The molecule has 0 amide bonds. The van der Waals surface area contributed by atoms with E-state index in [1.165, 1.54) is 71.3 Å². The molecule has 0 fully saturated rings. The van der Waals surface area contributed by atoms with Gasteiger partial charge < -0.3 is 0 Å². The molecule has 54 heavy (non-hydrogen) atoms. The minimum absolute atomic E-state index is 0.741. The summed E-state index contributed by atoms with van der Waals surface area (Å²) in [5.41, 5.74) is 14.9. The lowest BCUT2D eigenvalue weighted by Gasteiger charge is -2.18. The first-order valence-corrected chi connectivity index (χ1v) is 18.5. The number of benzene rings is 9. The monoisotopic (exact) mass is 684 g/mol. The summed E-state index contributed by atoms with van der Waals surface area (Å²) in [7, 11) is 0. The number of hydrogen-bond acceptors (Lipinski definition) is 2. The fourth-order valence-corrected chi connectivity index (χ4v) is 8.67. The van der Waals surface area contributed by atoms with Gasteiger partial charge in [0.1, 0.15) is 0 Å². The lowest BCUT2D eigenvalue weighted by Crippen LogP contribution is -1.97. The molecule has 0 radical (unpaired) electrons. The highest BCUT2D eigenvalue weighted by atomic mass is 14.9. The molecule has 0 saturated carbocycles. The van der Waals surface area contributed by atoms with Crippen LogP contribution in [0.4, 0.5) is 0 Å². The SMILES string of the molecule is c1ccc(-c2nc(-c3ccccc3)c3c(n2)-c2cccc4c(-c5ccc(-c6c7ccccc7c(-c7ccccc7)c7ccccc67)cc5)ccc-3c24)cc1. The van der Waals surface area contributed by atoms with Crippen LogP contribution in [0.15, 0.2) is 194 Å². The molecule has 11 rings (SSSR count). The first-order valence-electron chi connectivity index (χ1n) is 18.5. The fraction of sp³-hybridized carbons (Fsp3) is 0. The summed E-state index contributed by atoms with van der Waals surface area (Å²) in [6.45, 7) is 0. The second-order valence-electron chi connectivity index (χ2n) is 14.0. The zero-order valence-corrected chi connectivity index (χ0v) is 29.4. The van der Waals surface area contributed by atoms with E-state index in [0.717, 1.165) is 39.5 Å². The van der Waals surface area contributed by atoms with Crippen LogP contribution in [0.5, 0.6) is 0 Å². The van der Waals surface area contributed by atoms with E-state index in [4.69, 9.17) is 9.97 Å². The van der Waals surface area contributed by atoms with Gasteiger partial charge in [0.25, 0.3) is 0 Å². The number of fused-ring (bicyclic) bond motifs is 5. The molecular formula is C52H32N2. The van der Waals surface area contributed by atoms with Gasteiger partial charge in [-0.2, -0.15) is 0 Å². The summed E-state index contributed by atoms with van der Waals surface area (Å²) < 4.78 is 0. The van der Waals surface area contributed by atoms with Crippen molar-refractivity contribution >= 4 is 32.3 Å². The molecule has 0 saturated heterocycles. The molecule has 250 valence electrons. The van der Waals surface area contributed by atoms with Crippen molar-refractivity contribution in [3.05, 3.63) is 194 Å². The van der Waals surface area contributed by atoms with E-state index in [9.17, 15) is 0 Å². The molecule has 1 aliphatic carbocycles. The Kier molecular flexibility index (Phi) is 6.90. The topological polar surface area (TPSA) is 25.8 Å². The molecule has 0 N–H and O–H groups in total. The minimum Gasteiger partial charge on any atom is -0.227 e. The summed E-state index contributed by atoms with van der Waals surface area (Å²) in [5, 5.41) is 7.51. The van der Waals surface area contributed by atoms with Crippen LogP contribution in [-0.2, 0) is 0 Å². The maximum atomic E-state index is 5.26. The summed E-state index contributed by atoms with van der Waals surface area (Å²) in [4.78, 5) is 10.5. The number of hydrogen-bond donors (Lipinski definition) is 0. The molecule has 0 unspecified atom stereocenters. The van der Waals surface area contributed by atoms with E-state index in [0.29, 0.717) is 0 Å². The van der Waals surface area contributed by atoms with Gasteiger partial charge >= 0.3 is 0 Å². The smallest absolute Gasteiger partial charge is 0.160 e. The fourth-order valence-electron chi connectivity index (χ4n) is 8.67. The van der Waals surface area contributed by atoms with Gasteiger partial charge in [-0.3, -0.25) is 0 Å². The Morgan fingerprint density at radius 1 is 0.241 bits per heavy atom. The minimum atomic E-state index is 0.741. The van der Waals surface area contributed by atoms with Crippen LogP contribution < -0.4 is 0 Å². The maximum absolute atomic E-state index is 5.26. The third-order valence-corrected chi connectivity index (χ3v) is 11.0. The van der Waals surface area contributed by atoms with Crippen molar-refractivity contribution < 1.29 is 0 Å². The van der Waals surface area contributed by atoms with E-state index in [2.05, 4.69) is 176 Å². The number of aromatic nitrogens is 2. The first-order chi connectivity index (χ1) is 26.8. The lowest BCUT2D eigenvalue weighted by atomic mass is 9.85. The highest BCUT2D eigenvalue weighted by Crippen LogP contribution is 2.52. The summed E-state index contributed by atoms with van der Waals surface area (Å²) in [6, 6.07) is 69.7. The van der Waals surface area contributed by atoms with Crippen LogP contribution in [0, 0.1) is 0 Å². The van der Waals surface area contributed by atoms with Gasteiger partial charge in [-0.05, 0) is 71.3 Å². The molecule has 0 spiro atoms. The van der Waals surface area contributed by atoms with Gasteiger partial charge in [0.05, 0.1) is 11.4 Å². The average molecular weight is 685 g/mol. The van der Waals surface area contributed by atoms with Crippen molar-refractivity contribution in [1.29, 1.82) is 0 Å².